The Hall–Kier alpha value is -3.31. The van der Waals surface area contributed by atoms with Gasteiger partial charge in [0, 0.05) is 74.9 Å². The van der Waals surface area contributed by atoms with Crippen molar-refractivity contribution >= 4 is 16.8 Å². The van der Waals surface area contributed by atoms with Gasteiger partial charge >= 0.3 is 0 Å². The molecule has 2 saturated heterocycles. The molecule has 0 aliphatic carbocycles. The molecular weight excluding hydrogens is 548 g/mol. The number of rotatable bonds is 8. The van der Waals surface area contributed by atoms with Crippen molar-refractivity contribution in [3.05, 3.63) is 53.2 Å². The number of carbonyl (C=O) groups is 1. The Kier molecular flexibility index (Phi) is 8.55. The summed E-state index contributed by atoms with van der Waals surface area (Å²) in [7, 11) is 7.11. The molecule has 4 heterocycles. The summed E-state index contributed by atoms with van der Waals surface area (Å²) < 4.78 is 24.4. The van der Waals surface area contributed by atoms with E-state index in [-0.39, 0.29) is 24.0 Å². The van der Waals surface area contributed by atoms with E-state index in [1.165, 1.54) is 10.9 Å². The van der Waals surface area contributed by atoms with Gasteiger partial charge < -0.3 is 33.5 Å². The summed E-state index contributed by atoms with van der Waals surface area (Å²) in [6.45, 7) is 6.25. The quantitative estimate of drug-likeness (QED) is 0.427. The normalized spacial score (nSPS) is 20.8. The smallest absolute Gasteiger partial charge is 0.236 e. The Labute approximate surface area is 253 Å². The van der Waals surface area contributed by atoms with Crippen molar-refractivity contribution in [1.29, 1.82) is 0 Å². The number of carbonyl (C=O) groups excluding carboxylic acids is 1. The number of aromatic nitrogens is 1. The predicted molar refractivity (Wildman–Crippen MR) is 164 cm³/mol. The maximum absolute atomic E-state index is 13.4. The lowest BCUT2D eigenvalue weighted by molar-refractivity contribution is -0.135. The van der Waals surface area contributed by atoms with Crippen LogP contribution in [-0.4, -0.2) is 111 Å². The number of benzene rings is 2. The second kappa shape index (κ2) is 12.4. The van der Waals surface area contributed by atoms with Gasteiger partial charge in [0.05, 0.1) is 59.3 Å². The standard InChI is InChI=1S/C33H44N4O6/c1-34-28-18-24(40-2)5-6-27(28)31-32(34)29(21-38)37(19-23-15-25(41-3)17-26(16-23)42-4)22-33(31)7-9-36(10-8-33)30(39)20-35-11-13-43-14-12-35/h5-6,15-18,29,38H,7-14,19-22H2,1-4H3/t29-/m1/s1. The van der Waals surface area contributed by atoms with Crippen molar-refractivity contribution < 1.29 is 28.8 Å². The van der Waals surface area contributed by atoms with Gasteiger partial charge in [0.25, 0.3) is 0 Å². The number of fused-ring (bicyclic) bond motifs is 4. The lowest BCUT2D eigenvalue weighted by Gasteiger charge is -2.50. The van der Waals surface area contributed by atoms with Crippen molar-refractivity contribution in [2.75, 3.05) is 80.4 Å². The SMILES string of the molecule is COc1cc(CN2CC3(CCN(C(=O)CN4CCOCC4)CC3)c3c(n(C)c4cc(OC)ccc34)[C@H]2CO)cc(OC)c1. The monoisotopic (exact) mass is 592 g/mol. The molecule has 1 N–H and O–H groups in total. The zero-order chi connectivity index (χ0) is 30.1. The molecule has 1 atom stereocenters. The first-order valence-electron chi connectivity index (χ1n) is 15.2. The zero-order valence-corrected chi connectivity index (χ0v) is 25.8. The highest BCUT2D eigenvalue weighted by Gasteiger charge is 2.48. The predicted octanol–water partition coefficient (Wildman–Crippen LogP) is 2.95. The summed E-state index contributed by atoms with van der Waals surface area (Å²) in [5.41, 5.74) is 4.43. The van der Waals surface area contributed by atoms with Gasteiger partial charge in [0.1, 0.15) is 17.2 Å². The topological polar surface area (TPSA) is 88.9 Å². The minimum atomic E-state index is -0.192. The maximum Gasteiger partial charge on any atom is 0.236 e. The summed E-state index contributed by atoms with van der Waals surface area (Å²) >= 11 is 0. The van der Waals surface area contributed by atoms with E-state index >= 15 is 0 Å². The molecule has 3 aromatic rings. The molecule has 1 amide bonds. The number of hydrogen-bond acceptors (Lipinski definition) is 8. The molecular formula is C33H44N4O6. The third-order valence-electron chi connectivity index (χ3n) is 9.75. The largest absolute Gasteiger partial charge is 0.497 e. The Morgan fingerprint density at radius 1 is 0.953 bits per heavy atom. The number of hydrogen-bond donors (Lipinski definition) is 1. The van der Waals surface area contributed by atoms with E-state index in [1.54, 1.807) is 21.3 Å². The number of likely N-dealkylation sites (tertiary alicyclic amines) is 1. The molecule has 0 saturated carbocycles. The minimum Gasteiger partial charge on any atom is -0.497 e. The maximum atomic E-state index is 13.4. The van der Waals surface area contributed by atoms with E-state index in [2.05, 4.69) is 33.5 Å². The molecule has 232 valence electrons. The summed E-state index contributed by atoms with van der Waals surface area (Å²) in [4.78, 5) is 20.0. The van der Waals surface area contributed by atoms with Crippen LogP contribution < -0.4 is 14.2 Å². The van der Waals surface area contributed by atoms with E-state index in [4.69, 9.17) is 18.9 Å². The molecule has 0 bridgehead atoms. The number of amides is 1. The highest BCUT2D eigenvalue weighted by atomic mass is 16.5. The molecule has 10 nitrogen and oxygen atoms in total. The third kappa shape index (κ3) is 5.57. The van der Waals surface area contributed by atoms with E-state index in [9.17, 15) is 9.90 Å². The second-order valence-electron chi connectivity index (χ2n) is 12.1. The van der Waals surface area contributed by atoms with E-state index in [1.807, 2.05) is 29.2 Å². The number of ether oxygens (including phenoxy) is 4. The van der Waals surface area contributed by atoms with Crippen molar-refractivity contribution in [3.63, 3.8) is 0 Å². The molecule has 3 aliphatic rings. The summed E-state index contributed by atoms with van der Waals surface area (Å²) in [5.74, 6) is 2.49. The molecule has 10 heteroatoms. The fourth-order valence-corrected chi connectivity index (χ4v) is 7.46. The number of nitrogens with zero attached hydrogens (tertiary/aromatic N) is 4. The van der Waals surface area contributed by atoms with Crippen molar-refractivity contribution in [1.82, 2.24) is 19.3 Å². The molecule has 3 aliphatic heterocycles. The first-order valence-corrected chi connectivity index (χ1v) is 15.2. The molecule has 2 aromatic carbocycles. The average Bonchev–Trinajstić information content (AvgIpc) is 3.34. The fraction of sp³-hybridized carbons (Fsp3) is 0.545. The number of methoxy groups -OCH3 is 3. The van der Waals surface area contributed by atoms with Gasteiger partial charge in [-0.05, 0) is 48.2 Å². The van der Waals surface area contributed by atoms with Gasteiger partial charge in [-0.3, -0.25) is 14.6 Å². The highest BCUT2D eigenvalue weighted by molar-refractivity contribution is 5.89. The van der Waals surface area contributed by atoms with Gasteiger partial charge in [0.15, 0.2) is 0 Å². The van der Waals surface area contributed by atoms with Crippen LogP contribution in [-0.2, 0) is 28.5 Å². The van der Waals surface area contributed by atoms with Crippen LogP contribution in [0, 0.1) is 0 Å². The lowest BCUT2D eigenvalue weighted by atomic mass is 9.68. The second-order valence-corrected chi connectivity index (χ2v) is 12.1. The molecule has 1 aromatic heterocycles. The average molecular weight is 593 g/mol. The van der Waals surface area contributed by atoms with Crippen molar-refractivity contribution in [3.8, 4) is 17.2 Å². The molecule has 43 heavy (non-hydrogen) atoms. The van der Waals surface area contributed by atoms with Crippen LogP contribution in [0.2, 0.25) is 0 Å². The number of aliphatic hydroxyl groups excluding tert-OH is 1. The Balaban J connectivity index is 1.36. The summed E-state index contributed by atoms with van der Waals surface area (Å²) in [6.07, 6.45) is 1.71. The molecule has 2 fully saturated rings. The number of aliphatic hydroxyl groups is 1. The lowest BCUT2D eigenvalue weighted by Crippen LogP contribution is -2.55. The molecule has 6 rings (SSSR count). The van der Waals surface area contributed by atoms with Crippen LogP contribution >= 0.6 is 0 Å². The van der Waals surface area contributed by atoms with Gasteiger partial charge in [-0.2, -0.15) is 0 Å². The number of aryl methyl sites for hydroxylation is 1. The van der Waals surface area contributed by atoms with Gasteiger partial charge in [-0.15, -0.1) is 0 Å². The van der Waals surface area contributed by atoms with Crippen LogP contribution in [0.5, 0.6) is 17.2 Å². The van der Waals surface area contributed by atoms with Crippen LogP contribution in [0.15, 0.2) is 36.4 Å². The van der Waals surface area contributed by atoms with Crippen LogP contribution in [0.4, 0.5) is 0 Å². The first kappa shape index (κ1) is 29.7. The number of piperidine rings is 1. The molecule has 0 radical (unpaired) electrons. The van der Waals surface area contributed by atoms with Crippen LogP contribution in [0.25, 0.3) is 10.9 Å². The van der Waals surface area contributed by atoms with Gasteiger partial charge in [-0.1, -0.05) is 0 Å². The summed E-state index contributed by atoms with van der Waals surface area (Å²) in [5, 5.41) is 12.1. The fourth-order valence-electron chi connectivity index (χ4n) is 7.46. The minimum absolute atomic E-state index is 0.00433. The van der Waals surface area contributed by atoms with Gasteiger partial charge in [0.2, 0.25) is 5.91 Å². The highest BCUT2D eigenvalue weighted by Crippen LogP contribution is 2.50. The zero-order valence-electron chi connectivity index (χ0n) is 25.8. The molecule has 0 unspecified atom stereocenters. The van der Waals surface area contributed by atoms with Crippen LogP contribution in [0.1, 0.15) is 35.7 Å². The summed E-state index contributed by atoms with van der Waals surface area (Å²) in [6, 6.07) is 12.1. The van der Waals surface area contributed by atoms with E-state index < -0.39 is 0 Å². The van der Waals surface area contributed by atoms with E-state index in [0.717, 1.165) is 66.5 Å². The Bertz CT molecular complexity index is 1440. The van der Waals surface area contributed by atoms with Crippen molar-refractivity contribution in [2.24, 2.45) is 7.05 Å². The Morgan fingerprint density at radius 2 is 1.63 bits per heavy atom. The van der Waals surface area contributed by atoms with E-state index in [0.29, 0.717) is 39.4 Å². The van der Waals surface area contributed by atoms with Crippen molar-refractivity contribution in [2.45, 2.75) is 30.8 Å². The third-order valence-corrected chi connectivity index (χ3v) is 9.75. The van der Waals surface area contributed by atoms with Crippen LogP contribution in [0.3, 0.4) is 0 Å². The van der Waals surface area contributed by atoms with Gasteiger partial charge in [-0.25, -0.2) is 0 Å². The first-order chi connectivity index (χ1) is 20.9. The molecule has 1 spiro atoms. The number of morpholine rings is 1. The Morgan fingerprint density at radius 3 is 2.26 bits per heavy atom.